The second-order valence-corrected chi connectivity index (χ2v) is 4.51. The van der Waals surface area contributed by atoms with Gasteiger partial charge in [-0.25, -0.2) is 4.79 Å². The summed E-state index contributed by atoms with van der Waals surface area (Å²) >= 11 is 0. The van der Waals surface area contributed by atoms with Crippen LogP contribution in [-0.4, -0.2) is 32.8 Å². The molecule has 5 heteroatoms. The summed E-state index contributed by atoms with van der Waals surface area (Å²) in [6.07, 6.45) is 3.00. The highest BCUT2D eigenvalue weighted by atomic mass is 16.5. The highest BCUT2D eigenvalue weighted by molar-refractivity contribution is 5.82. The van der Waals surface area contributed by atoms with Crippen molar-refractivity contribution in [3.05, 3.63) is 41.5 Å². The van der Waals surface area contributed by atoms with Crippen LogP contribution in [0.25, 0.3) is 0 Å². The molecule has 114 valence electrons. The van der Waals surface area contributed by atoms with Crippen molar-refractivity contribution < 1.29 is 23.8 Å². The van der Waals surface area contributed by atoms with Gasteiger partial charge in [-0.1, -0.05) is 12.1 Å². The SMILES string of the molecule is COC(=O)/C=C/[C@H](COC(C)=O)c1ccc(OC)cc1C. The number of rotatable bonds is 6. The van der Waals surface area contributed by atoms with Crippen LogP contribution < -0.4 is 4.74 Å². The Morgan fingerprint density at radius 3 is 2.52 bits per heavy atom. The van der Waals surface area contributed by atoms with Gasteiger partial charge in [0.25, 0.3) is 0 Å². The molecule has 0 radical (unpaired) electrons. The van der Waals surface area contributed by atoms with E-state index in [1.807, 2.05) is 25.1 Å². The minimum atomic E-state index is -0.450. The zero-order valence-corrected chi connectivity index (χ0v) is 12.7. The zero-order valence-electron chi connectivity index (χ0n) is 12.7. The van der Waals surface area contributed by atoms with E-state index < -0.39 is 5.97 Å². The second-order valence-electron chi connectivity index (χ2n) is 4.51. The van der Waals surface area contributed by atoms with Gasteiger partial charge in [0.1, 0.15) is 12.4 Å². The molecule has 0 fully saturated rings. The summed E-state index contributed by atoms with van der Waals surface area (Å²) in [5.41, 5.74) is 1.94. The number of carbonyl (C=O) groups is 2. The molecule has 0 aliphatic rings. The van der Waals surface area contributed by atoms with Crippen molar-refractivity contribution in [3.63, 3.8) is 0 Å². The molecule has 1 aromatic rings. The number of ether oxygens (including phenoxy) is 3. The Bertz CT molecular complexity index is 533. The van der Waals surface area contributed by atoms with Gasteiger partial charge in [-0.3, -0.25) is 4.79 Å². The zero-order chi connectivity index (χ0) is 15.8. The van der Waals surface area contributed by atoms with Crippen LogP contribution in [0.5, 0.6) is 5.75 Å². The first-order chi connectivity index (χ1) is 9.97. The lowest BCUT2D eigenvalue weighted by molar-refractivity contribution is -0.141. The van der Waals surface area contributed by atoms with Crippen molar-refractivity contribution in [3.8, 4) is 5.75 Å². The molecule has 0 aromatic heterocycles. The highest BCUT2D eigenvalue weighted by Gasteiger charge is 2.14. The molecular formula is C16H20O5. The average molecular weight is 292 g/mol. The molecule has 1 rings (SSSR count). The van der Waals surface area contributed by atoms with E-state index in [1.54, 1.807) is 13.2 Å². The lowest BCUT2D eigenvalue weighted by atomic mass is 9.94. The van der Waals surface area contributed by atoms with Gasteiger partial charge in [0.15, 0.2) is 0 Å². The summed E-state index contributed by atoms with van der Waals surface area (Å²) in [7, 11) is 2.91. The van der Waals surface area contributed by atoms with E-state index in [9.17, 15) is 9.59 Å². The molecule has 0 N–H and O–H groups in total. The predicted molar refractivity (Wildman–Crippen MR) is 78.3 cm³/mol. The van der Waals surface area contributed by atoms with Gasteiger partial charge in [0.2, 0.25) is 0 Å². The monoisotopic (exact) mass is 292 g/mol. The molecule has 0 saturated heterocycles. The van der Waals surface area contributed by atoms with Crippen molar-refractivity contribution in [2.24, 2.45) is 0 Å². The maximum atomic E-state index is 11.2. The van der Waals surface area contributed by atoms with Gasteiger partial charge in [0, 0.05) is 18.9 Å². The Morgan fingerprint density at radius 1 is 1.29 bits per heavy atom. The molecule has 0 bridgehead atoms. The number of aryl methyl sites for hydroxylation is 1. The lowest BCUT2D eigenvalue weighted by Gasteiger charge is -2.16. The smallest absolute Gasteiger partial charge is 0.330 e. The standard InChI is InChI=1S/C16H20O5/c1-11-9-14(19-3)6-7-15(11)13(10-21-12(2)17)5-8-16(18)20-4/h5-9,13H,10H2,1-4H3/b8-5+/t13-/m1/s1. The molecule has 0 heterocycles. The summed E-state index contributed by atoms with van der Waals surface area (Å²) in [4.78, 5) is 22.2. The molecule has 0 unspecified atom stereocenters. The Kier molecular flexibility index (Phi) is 6.46. The van der Waals surface area contributed by atoms with Gasteiger partial charge < -0.3 is 14.2 Å². The molecule has 21 heavy (non-hydrogen) atoms. The minimum Gasteiger partial charge on any atom is -0.497 e. The average Bonchev–Trinajstić information content (AvgIpc) is 2.47. The largest absolute Gasteiger partial charge is 0.497 e. The molecule has 5 nitrogen and oxygen atoms in total. The molecule has 1 atom stereocenters. The summed E-state index contributed by atoms with van der Waals surface area (Å²) in [6.45, 7) is 3.45. The van der Waals surface area contributed by atoms with Crippen molar-refractivity contribution in [1.82, 2.24) is 0 Å². The van der Waals surface area contributed by atoms with Gasteiger partial charge in [-0.15, -0.1) is 0 Å². The summed E-state index contributed by atoms with van der Waals surface area (Å²) in [5.74, 6) is -0.287. The Hall–Kier alpha value is -2.30. The van der Waals surface area contributed by atoms with Crippen LogP contribution in [0.4, 0.5) is 0 Å². The van der Waals surface area contributed by atoms with Gasteiger partial charge in [-0.2, -0.15) is 0 Å². The molecule has 0 aliphatic carbocycles. The number of methoxy groups -OCH3 is 2. The van der Waals surface area contributed by atoms with Crippen LogP contribution in [0.2, 0.25) is 0 Å². The van der Waals surface area contributed by atoms with Crippen LogP contribution in [0, 0.1) is 6.92 Å². The van der Waals surface area contributed by atoms with Crippen LogP contribution in [0.15, 0.2) is 30.4 Å². The maximum absolute atomic E-state index is 11.2. The van der Waals surface area contributed by atoms with Crippen LogP contribution in [0.1, 0.15) is 24.0 Å². The number of esters is 2. The molecule has 0 aliphatic heterocycles. The number of hydrogen-bond acceptors (Lipinski definition) is 5. The first-order valence-corrected chi connectivity index (χ1v) is 6.52. The Morgan fingerprint density at radius 2 is 2.00 bits per heavy atom. The predicted octanol–water partition coefficient (Wildman–Crippen LogP) is 2.38. The fraction of sp³-hybridized carbons (Fsp3) is 0.375. The maximum Gasteiger partial charge on any atom is 0.330 e. The van der Waals surface area contributed by atoms with E-state index in [1.165, 1.54) is 20.1 Å². The third-order valence-corrected chi connectivity index (χ3v) is 3.01. The number of hydrogen-bond donors (Lipinski definition) is 0. The van der Waals surface area contributed by atoms with Crippen LogP contribution in [-0.2, 0) is 19.1 Å². The summed E-state index contributed by atoms with van der Waals surface area (Å²) in [5, 5.41) is 0. The van der Waals surface area contributed by atoms with Crippen molar-refractivity contribution in [2.75, 3.05) is 20.8 Å². The van der Waals surface area contributed by atoms with E-state index in [4.69, 9.17) is 9.47 Å². The first kappa shape index (κ1) is 16.8. The highest BCUT2D eigenvalue weighted by Crippen LogP contribution is 2.25. The van der Waals surface area contributed by atoms with E-state index in [0.29, 0.717) is 0 Å². The molecule has 0 amide bonds. The summed E-state index contributed by atoms with van der Waals surface area (Å²) in [6, 6.07) is 5.61. The van der Waals surface area contributed by atoms with E-state index in [0.717, 1.165) is 16.9 Å². The fourth-order valence-corrected chi connectivity index (χ4v) is 1.91. The quantitative estimate of drug-likeness (QED) is 0.595. The van der Waals surface area contributed by atoms with Crippen LogP contribution >= 0.6 is 0 Å². The first-order valence-electron chi connectivity index (χ1n) is 6.52. The van der Waals surface area contributed by atoms with Gasteiger partial charge in [0.05, 0.1) is 14.2 Å². The van der Waals surface area contributed by atoms with Crippen molar-refractivity contribution >= 4 is 11.9 Å². The second kappa shape index (κ2) is 8.09. The fourth-order valence-electron chi connectivity index (χ4n) is 1.91. The van der Waals surface area contributed by atoms with Gasteiger partial charge >= 0.3 is 11.9 Å². The molecule has 1 aromatic carbocycles. The Balaban J connectivity index is 3.01. The lowest BCUT2D eigenvalue weighted by Crippen LogP contribution is -2.11. The van der Waals surface area contributed by atoms with E-state index >= 15 is 0 Å². The van der Waals surface area contributed by atoms with Gasteiger partial charge in [-0.05, 0) is 30.2 Å². The Labute approximate surface area is 124 Å². The van der Waals surface area contributed by atoms with Crippen molar-refractivity contribution in [2.45, 2.75) is 19.8 Å². The number of carbonyl (C=O) groups excluding carboxylic acids is 2. The molecule has 0 saturated carbocycles. The van der Waals surface area contributed by atoms with E-state index in [-0.39, 0.29) is 18.5 Å². The third-order valence-electron chi connectivity index (χ3n) is 3.01. The normalized spacial score (nSPS) is 12.0. The molecule has 0 spiro atoms. The van der Waals surface area contributed by atoms with E-state index in [2.05, 4.69) is 4.74 Å². The van der Waals surface area contributed by atoms with Crippen LogP contribution in [0.3, 0.4) is 0 Å². The topological polar surface area (TPSA) is 61.8 Å². The summed E-state index contributed by atoms with van der Waals surface area (Å²) < 4.78 is 14.8. The third kappa shape index (κ3) is 5.30. The minimum absolute atomic E-state index is 0.163. The van der Waals surface area contributed by atoms with Crippen molar-refractivity contribution in [1.29, 1.82) is 0 Å². The molecular weight excluding hydrogens is 272 g/mol. The number of benzene rings is 1.